The third-order valence-corrected chi connectivity index (χ3v) is 8.56. The maximum atomic E-state index is 13.3. The molecule has 2 amide bonds. The zero-order valence-corrected chi connectivity index (χ0v) is 22.4. The lowest BCUT2D eigenvalue weighted by molar-refractivity contribution is -0.122. The van der Waals surface area contributed by atoms with Crippen LogP contribution in [-0.2, 0) is 25.5 Å². The highest BCUT2D eigenvalue weighted by Crippen LogP contribution is 2.45. The van der Waals surface area contributed by atoms with E-state index in [1.807, 2.05) is 6.07 Å². The van der Waals surface area contributed by atoms with Crippen molar-refractivity contribution in [2.24, 2.45) is 17.3 Å². The van der Waals surface area contributed by atoms with Crippen LogP contribution >= 0.6 is 0 Å². The molecule has 38 heavy (non-hydrogen) atoms. The van der Waals surface area contributed by atoms with Crippen molar-refractivity contribution >= 4 is 23.5 Å². The SMILES string of the molecule is CO[C@@H]1CC[C@@]2(COC(=O)c3ccccc3N3C(=O)C[C@@H](C)C3=O)C[C@@H]1CN(CCCc1ccccc1)C2. The average molecular weight is 519 g/mol. The summed E-state index contributed by atoms with van der Waals surface area (Å²) in [6, 6.07) is 17.3. The summed E-state index contributed by atoms with van der Waals surface area (Å²) in [6.07, 6.45) is 5.37. The number of piperidine rings is 1. The zero-order chi connectivity index (χ0) is 26.7. The number of likely N-dealkylation sites (tertiary alicyclic amines) is 1. The first kappa shape index (κ1) is 26.6. The summed E-state index contributed by atoms with van der Waals surface area (Å²) in [5.74, 6) is -1.00. The number of imide groups is 1. The number of anilines is 1. The molecule has 2 saturated heterocycles. The quantitative estimate of drug-likeness (QED) is 0.360. The topological polar surface area (TPSA) is 76.1 Å². The second-order valence-corrected chi connectivity index (χ2v) is 11.4. The van der Waals surface area contributed by atoms with Gasteiger partial charge in [-0.3, -0.25) is 9.59 Å². The van der Waals surface area contributed by atoms with Gasteiger partial charge in [-0.25, -0.2) is 9.69 Å². The van der Waals surface area contributed by atoms with Crippen LogP contribution < -0.4 is 4.90 Å². The van der Waals surface area contributed by atoms with E-state index < -0.39 is 5.97 Å². The van der Waals surface area contributed by atoms with Crippen molar-refractivity contribution in [3.05, 3.63) is 65.7 Å². The summed E-state index contributed by atoms with van der Waals surface area (Å²) in [7, 11) is 1.80. The highest BCUT2D eigenvalue weighted by Gasteiger charge is 2.47. The van der Waals surface area contributed by atoms with Gasteiger partial charge in [0, 0.05) is 38.0 Å². The first-order valence-corrected chi connectivity index (χ1v) is 13.8. The lowest BCUT2D eigenvalue weighted by Gasteiger charge is -2.51. The molecule has 1 saturated carbocycles. The van der Waals surface area contributed by atoms with Crippen LogP contribution in [0.25, 0.3) is 0 Å². The number of fused-ring (bicyclic) bond motifs is 2. The van der Waals surface area contributed by atoms with Crippen molar-refractivity contribution in [1.29, 1.82) is 0 Å². The zero-order valence-electron chi connectivity index (χ0n) is 22.4. The van der Waals surface area contributed by atoms with Crippen LogP contribution in [0, 0.1) is 17.3 Å². The van der Waals surface area contributed by atoms with Gasteiger partial charge in [-0.2, -0.15) is 0 Å². The molecule has 2 bridgehead atoms. The molecular formula is C31H38N2O5. The summed E-state index contributed by atoms with van der Waals surface area (Å²) in [6.45, 7) is 4.95. The van der Waals surface area contributed by atoms with E-state index in [9.17, 15) is 14.4 Å². The molecule has 1 aliphatic carbocycles. The first-order chi connectivity index (χ1) is 18.4. The monoisotopic (exact) mass is 518 g/mol. The fraction of sp³-hybridized carbons (Fsp3) is 0.516. The standard InChI is InChI=1S/C31H38N2O5/c1-22-17-28(34)33(29(22)35)26-13-7-6-12-25(26)30(36)38-21-31-15-14-27(37-2)24(18-31)19-32(20-31)16-8-11-23-9-4-3-5-10-23/h3-7,9-10,12-13,22,24,27H,8,11,14-21H2,1-2H3/t22-,24-,27-,31-/m1/s1. The minimum Gasteiger partial charge on any atom is -0.461 e. The number of amides is 2. The molecule has 202 valence electrons. The van der Waals surface area contributed by atoms with Crippen LogP contribution in [0.4, 0.5) is 5.69 Å². The molecule has 2 aliphatic heterocycles. The predicted octanol–water partition coefficient (Wildman–Crippen LogP) is 4.49. The van der Waals surface area contributed by atoms with Crippen molar-refractivity contribution in [3.63, 3.8) is 0 Å². The summed E-state index contributed by atoms with van der Waals surface area (Å²) >= 11 is 0. The second-order valence-electron chi connectivity index (χ2n) is 11.4. The Balaban J connectivity index is 1.26. The van der Waals surface area contributed by atoms with E-state index in [-0.39, 0.29) is 41.2 Å². The minimum atomic E-state index is -0.484. The summed E-state index contributed by atoms with van der Waals surface area (Å²) < 4.78 is 11.8. The number of esters is 1. The molecule has 2 heterocycles. The largest absolute Gasteiger partial charge is 0.461 e. The second kappa shape index (κ2) is 11.4. The number of rotatable bonds is 9. The van der Waals surface area contributed by atoms with Gasteiger partial charge in [-0.1, -0.05) is 49.4 Å². The lowest BCUT2D eigenvalue weighted by Crippen LogP contribution is -2.56. The molecule has 7 heteroatoms. The Bertz CT molecular complexity index is 1170. The van der Waals surface area contributed by atoms with Crippen LogP contribution in [-0.4, -0.2) is 62.1 Å². The smallest absolute Gasteiger partial charge is 0.340 e. The van der Waals surface area contributed by atoms with Crippen molar-refractivity contribution in [2.75, 3.05) is 38.3 Å². The van der Waals surface area contributed by atoms with E-state index in [1.165, 1.54) is 5.56 Å². The van der Waals surface area contributed by atoms with Gasteiger partial charge in [0.1, 0.15) is 0 Å². The van der Waals surface area contributed by atoms with Crippen molar-refractivity contribution < 1.29 is 23.9 Å². The van der Waals surface area contributed by atoms with E-state index in [0.29, 0.717) is 18.2 Å². The Morgan fingerprint density at radius 3 is 2.58 bits per heavy atom. The predicted molar refractivity (Wildman–Crippen MR) is 145 cm³/mol. The number of carbonyl (C=O) groups excluding carboxylic acids is 3. The average Bonchev–Trinajstić information content (AvgIpc) is 3.18. The highest BCUT2D eigenvalue weighted by atomic mass is 16.5. The Kier molecular flexibility index (Phi) is 7.96. The van der Waals surface area contributed by atoms with E-state index in [1.54, 1.807) is 38.3 Å². The molecular weight excluding hydrogens is 480 g/mol. The lowest BCUT2D eigenvalue weighted by atomic mass is 9.65. The summed E-state index contributed by atoms with van der Waals surface area (Å²) in [5.41, 5.74) is 1.81. The number of methoxy groups -OCH3 is 1. The van der Waals surface area contributed by atoms with Gasteiger partial charge in [0.2, 0.25) is 11.8 Å². The maximum absolute atomic E-state index is 13.3. The number of ether oxygens (including phenoxy) is 2. The number of hydrogen-bond acceptors (Lipinski definition) is 6. The van der Waals surface area contributed by atoms with Crippen LogP contribution in [0.3, 0.4) is 0 Å². The van der Waals surface area contributed by atoms with Gasteiger partial charge in [-0.15, -0.1) is 0 Å². The Morgan fingerprint density at radius 1 is 1.08 bits per heavy atom. The van der Waals surface area contributed by atoms with Gasteiger partial charge in [0.25, 0.3) is 0 Å². The van der Waals surface area contributed by atoms with Crippen LogP contribution in [0.2, 0.25) is 0 Å². The molecule has 2 aromatic carbocycles. The molecule has 0 N–H and O–H groups in total. The number of benzene rings is 2. The number of nitrogens with zero attached hydrogens (tertiary/aromatic N) is 2. The van der Waals surface area contributed by atoms with Gasteiger partial charge in [-0.05, 0) is 62.3 Å². The van der Waals surface area contributed by atoms with Gasteiger partial charge in [0.05, 0.1) is 24.0 Å². The molecule has 3 aliphatic rings. The Labute approximate surface area is 225 Å². The number of hydrogen-bond donors (Lipinski definition) is 0. The van der Waals surface area contributed by atoms with Crippen molar-refractivity contribution in [1.82, 2.24) is 4.90 Å². The molecule has 0 radical (unpaired) electrons. The number of carbonyl (C=O) groups is 3. The fourth-order valence-electron chi connectivity index (χ4n) is 6.65. The molecule has 2 aromatic rings. The maximum Gasteiger partial charge on any atom is 0.340 e. The third kappa shape index (κ3) is 5.54. The van der Waals surface area contributed by atoms with E-state index in [0.717, 1.165) is 56.6 Å². The van der Waals surface area contributed by atoms with Crippen LogP contribution in [0.5, 0.6) is 0 Å². The molecule has 0 aromatic heterocycles. The first-order valence-electron chi connectivity index (χ1n) is 13.8. The molecule has 0 spiro atoms. The Morgan fingerprint density at radius 2 is 1.84 bits per heavy atom. The van der Waals surface area contributed by atoms with Gasteiger partial charge >= 0.3 is 5.97 Å². The molecule has 4 atom stereocenters. The van der Waals surface area contributed by atoms with Crippen molar-refractivity contribution in [2.45, 2.75) is 51.6 Å². The summed E-state index contributed by atoms with van der Waals surface area (Å²) in [5, 5.41) is 0. The van der Waals surface area contributed by atoms with Gasteiger partial charge < -0.3 is 14.4 Å². The summed E-state index contributed by atoms with van der Waals surface area (Å²) in [4.78, 5) is 42.2. The molecule has 0 unspecified atom stereocenters. The highest BCUT2D eigenvalue weighted by molar-refractivity contribution is 6.22. The van der Waals surface area contributed by atoms with Crippen LogP contribution in [0.15, 0.2) is 54.6 Å². The Hall–Kier alpha value is -3.03. The van der Waals surface area contributed by atoms with E-state index in [2.05, 4.69) is 29.2 Å². The van der Waals surface area contributed by atoms with Gasteiger partial charge in [0.15, 0.2) is 0 Å². The van der Waals surface area contributed by atoms with E-state index in [4.69, 9.17) is 9.47 Å². The fourth-order valence-corrected chi connectivity index (χ4v) is 6.65. The minimum absolute atomic E-state index is 0.122. The molecule has 3 fully saturated rings. The number of aryl methyl sites for hydroxylation is 1. The molecule has 5 rings (SSSR count). The van der Waals surface area contributed by atoms with E-state index >= 15 is 0 Å². The van der Waals surface area contributed by atoms with Crippen LogP contribution in [0.1, 0.15) is 54.9 Å². The normalized spacial score (nSPS) is 27.5. The van der Waals surface area contributed by atoms with Crippen molar-refractivity contribution in [3.8, 4) is 0 Å². The third-order valence-electron chi connectivity index (χ3n) is 8.56. The number of para-hydroxylation sites is 1. The molecule has 7 nitrogen and oxygen atoms in total.